The highest BCUT2D eigenvalue weighted by atomic mass is 16.3. The topological polar surface area (TPSA) is 46.0 Å². The molecule has 0 aliphatic heterocycles. The zero-order chi connectivity index (χ0) is 33.9. The fourth-order valence-electron chi connectivity index (χ4n) is 7.67. The van der Waals surface area contributed by atoms with Gasteiger partial charge in [0.25, 0.3) is 0 Å². The third-order valence-electron chi connectivity index (χ3n) is 10.1. The van der Waals surface area contributed by atoms with E-state index in [2.05, 4.69) is 140 Å². The van der Waals surface area contributed by atoms with E-state index in [1.807, 2.05) is 30.3 Å². The molecule has 0 fully saturated rings. The molecule has 0 bridgehead atoms. The van der Waals surface area contributed by atoms with E-state index in [1.165, 1.54) is 49.0 Å². The quantitative estimate of drug-likeness (QED) is 0.152. The van der Waals surface area contributed by atoms with E-state index >= 15 is 0 Å². The van der Waals surface area contributed by atoms with Crippen LogP contribution in [-0.4, -0.2) is 15.1 Å². The number of nitrogens with zero attached hydrogens (tertiary/aromatic N) is 2. The molecular formula is C48H30N2O. The summed E-state index contributed by atoms with van der Waals surface area (Å²) in [6, 6.07) is 61.4. The van der Waals surface area contributed by atoms with Gasteiger partial charge in [-0.15, -0.1) is 0 Å². The standard InChI is InChI=1S/C48H30N2O/c51-44-16-8-7-15-41(44)43-28-26-34-23-22-33-25-27-42(49-47(33)48(34)50-43)31-18-20-32(21-19-31)45-37-11-3-5-13-39(37)46(40-14-6-4-12-38(40)45)36-24-17-30-9-1-2-10-35(30)29-36/h1-29,51H. The summed E-state index contributed by atoms with van der Waals surface area (Å²) < 4.78 is 0. The van der Waals surface area contributed by atoms with Gasteiger partial charge >= 0.3 is 0 Å². The Hall–Kier alpha value is -6.84. The second-order valence-corrected chi connectivity index (χ2v) is 13.1. The number of rotatable bonds is 4. The van der Waals surface area contributed by atoms with E-state index in [4.69, 9.17) is 9.97 Å². The normalized spacial score (nSPS) is 11.6. The Kier molecular flexibility index (Phi) is 6.65. The Morgan fingerprint density at radius 2 is 0.784 bits per heavy atom. The third-order valence-corrected chi connectivity index (χ3v) is 10.1. The number of fused-ring (bicyclic) bond motifs is 6. The van der Waals surface area contributed by atoms with E-state index in [1.54, 1.807) is 6.07 Å². The van der Waals surface area contributed by atoms with Gasteiger partial charge in [0, 0.05) is 21.9 Å². The SMILES string of the molecule is Oc1ccccc1-c1ccc2ccc3ccc(-c4ccc(-c5c6ccccc6c(-c6ccc7ccccc7c6)c6ccccc56)cc4)nc3c2n1. The summed E-state index contributed by atoms with van der Waals surface area (Å²) in [5.41, 5.74) is 9.88. The number of phenols is 1. The van der Waals surface area contributed by atoms with E-state index < -0.39 is 0 Å². The van der Waals surface area contributed by atoms with Crippen molar-refractivity contribution in [1.29, 1.82) is 0 Å². The zero-order valence-electron chi connectivity index (χ0n) is 27.6. The minimum atomic E-state index is 0.210. The van der Waals surface area contributed by atoms with Gasteiger partial charge in [0.1, 0.15) is 5.75 Å². The van der Waals surface area contributed by atoms with Crippen molar-refractivity contribution in [2.24, 2.45) is 0 Å². The molecule has 0 saturated carbocycles. The summed E-state index contributed by atoms with van der Waals surface area (Å²) in [7, 11) is 0. The van der Waals surface area contributed by atoms with E-state index in [-0.39, 0.29) is 5.75 Å². The first kappa shape index (κ1) is 29.1. The molecule has 238 valence electrons. The number of hydrogen-bond acceptors (Lipinski definition) is 3. The smallest absolute Gasteiger partial charge is 0.124 e. The molecule has 0 unspecified atom stereocenters. The summed E-state index contributed by atoms with van der Waals surface area (Å²) in [6.07, 6.45) is 0. The highest BCUT2D eigenvalue weighted by Gasteiger charge is 2.17. The largest absolute Gasteiger partial charge is 0.507 e. The van der Waals surface area contributed by atoms with Crippen molar-refractivity contribution < 1.29 is 5.11 Å². The Morgan fingerprint density at radius 1 is 0.333 bits per heavy atom. The van der Waals surface area contributed by atoms with Crippen molar-refractivity contribution in [3.8, 4) is 50.5 Å². The van der Waals surface area contributed by atoms with Crippen molar-refractivity contribution in [2.45, 2.75) is 0 Å². The van der Waals surface area contributed by atoms with Gasteiger partial charge in [0.15, 0.2) is 0 Å². The van der Waals surface area contributed by atoms with Crippen molar-refractivity contribution in [1.82, 2.24) is 9.97 Å². The lowest BCUT2D eigenvalue weighted by Crippen LogP contribution is -1.92. The summed E-state index contributed by atoms with van der Waals surface area (Å²) in [5, 5.41) is 20.0. The fraction of sp³-hybridized carbons (Fsp3) is 0. The molecule has 2 aromatic heterocycles. The molecule has 0 saturated heterocycles. The number of pyridine rings is 2. The lowest BCUT2D eigenvalue weighted by atomic mass is 9.85. The second-order valence-electron chi connectivity index (χ2n) is 13.1. The van der Waals surface area contributed by atoms with Gasteiger partial charge in [-0.3, -0.25) is 0 Å². The van der Waals surface area contributed by atoms with Crippen LogP contribution < -0.4 is 0 Å². The van der Waals surface area contributed by atoms with Crippen molar-refractivity contribution in [3.63, 3.8) is 0 Å². The number of para-hydroxylation sites is 1. The Bertz CT molecular complexity index is 2920. The third kappa shape index (κ3) is 4.82. The molecule has 3 heteroatoms. The maximum Gasteiger partial charge on any atom is 0.124 e. The van der Waals surface area contributed by atoms with Gasteiger partial charge in [0.05, 0.1) is 22.4 Å². The lowest BCUT2D eigenvalue weighted by molar-refractivity contribution is 0.477. The van der Waals surface area contributed by atoms with E-state index in [9.17, 15) is 5.11 Å². The van der Waals surface area contributed by atoms with Crippen LogP contribution in [-0.2, 0) is 0 Å². The fourth-order valence-corrected chi connectivity index (χ4v) is 7.67. The minimum Gasteiger partial charge on any atom is -0.507 e. The Morgan fingerprint density at radius 3 is 1.43 bits per heavy atom. The molecule has 0 aliphatic rings. The molecule has 2 heterocycles. The van der Waals surface area contributed by atoms with E-state index in [0.717, 1.165) is 44.3 Å². The highest BCUT2D eigenvalue weighted by Crippen LogP contribution is 2.44. The first-order valence-electron chi connectivity index (χ1n) is 17.2. The number of benzene rings is 8. The summed E-state index contributed by atoms with van der Waals surface area (Å²) in [6.45, 7) is 0. The molecule has 8 aromatic carbocycles. The monoisotopic (exact) mass is 650 g/mol. The van der Waals surface area contributed by atoms with Crippen LogP contribution in [0.1, 0.15) is 0 Å². The van der Waals surface area contributed by atoms with Gasteiger partial charge in [-0.1, -0.05) is 146 Å². The van der Waals surface area contributed by atoms with Gasteiger partial charge in [-0.25, -0.2) is 9.97 Å². The minimum absolute atomic E-state index is 0.210. The molecule has 1 N–H and O–H groups in total. The highest BCUT2D eigenvalue weighted by molar-refractivity contribution is 6.21. The molecule has 3 nitrogen and oxygen atoms in total. The molecule has 0 amide bonds. The first-order chi connectivity index (χ1) is 25.2. The Labute approximate surface area is 294 Å². The van der Waals surface area contributed by atoms with Crippen LogP contribution in [0, 0.1) is 0 Å². The van der Waals surface area contributed by atoms with Crippen LogP contribution in [0.15, 0.2) is 176 Å². The maximum absolute atomic E-state index is 10.5. The predicted octanol–water partition coefficient (Wildman–Crippen LogP) is 12.6. The lowest BCUT2D eigenvalue weighted by Gasteiger charge is -2.18. The van der Waals surface area contributed by atoms with Crippen LogP contribution in [0.4, 0.5) is 0 Å². The molecule has 0 atom stereocenters. The number of hydrogen-bond donors (Lipinski definition) is 1. The van der Waals surface area contributed by atoms with Gasteiger partial charge < -0.3 is 5.11 Å². The Balaban J connectivity index is 1.11. The van der Waals surface area contributed by atoms with Crippen molar-refractivity contribution in [2.75, 3.05) is 0 Å². The van der Waals surface area contributed by atoms with Crippen molar-refractivity contribution in [3.05, 3.63) is 176 Å². The van der Waals surface area contributed by atoms with Gasteiger partial charge in [0.2, 0.25) is 0 Å². The summed E-state index contributed by atoms with van der Waals surface area (Å²) >= 11 is 0. The predicted molar refractivity (Wildman–Crippen MR) is 213 cm³/mol. The molecule has 51 heavy (non-hydrogen) atoms. The van der Waals surface area contributed by atoms with E-state index in [0.29, 0.717) is 5.56 Å². The molecule has 0 radical (unpaired) electrons. The van der Waals surface area contributed by atoms with Crippen LogP contribution in [0.5, 0.6) is 5.75 Å². The van der Waals surface area contributed by atoms with Crippen molar-refractivity contribution >= 4 is 54.1 Å². The number of aromatic nitrogens is 2. The average Bonchev–Trinajstić information content (AvgIpc) is 3.19. The van der Waals surface area contributed by atoms with Crippen LogP contribution in [0.3, 0.4) is 0 Å². The maximum atomic E-state index is 10.5. The summed E-state index contributed by atoms with van der Waals surface area (Å²) in [4.78, 5) is 10.2. The number of aromatic hydroxyl groups is 1. The number of phenolic OH excluding ortho intramolecular Hbond substituents is 1. The zero-order valence-corrected chi connectivity index (χ0v) is 27.6. The van der Waals surface area contributed by atoms with Gasteiger partial charge in [-0.05, 0) is 84.9 Å². The molecule has 10 aromatic rings. The molecule has 0 aliphatic carbocycles. The van der Waals surface area contributed by atoms with Crippen LogP contribution in [0.25, 0.3) is 98.9 Å². The first-order valence-corrected chi connectivity index (χ1v) is 17.2. The van der Waals surface area contributed by atoms with Crippen LogP contribution in [0.2, 0.25) is 0 Å². The van der Waals surface area contributed by atoms with Gasteiger partial charge in [-0.2, -0.15) is 0 Å². The molecular weight excluding hydrogens is 621 g/mol. The second kappa shape index (κ2) is 11.6. The van der Waals surface area contributed by atoms with Crippen LogP contribution >= 0.6 is 0 Å². The summed E-state index contributed by atoms with van der Waals surface area (Å²) in [5.74, 6) is 0.210. The molecule has 10 rings (SSSR count). The average molecular weight is 651 g/mol. The molecule has 0 spiro atoms.